The second-order valence-electron chi connectivity index (χ2n) is 5.73. The van der Waals surface area contributed by atoms with Crippen molar-refractivity contribution < 1.29 is 4.74 Å². The van der Waals surface area contributed by atoms with E-state index in [2.05, 4.69) is 15.4 Å². The molecule has 2 heterocycles. The fraction of sp³-hybridized carbons (Fsp3) is 0.294. The van der Waals surface area contributed by atoms with Gasteiger partial charge >= 0.3 is 5.69 Å². The third-order valence-electron chi connectivity index (χ3n) is 3.88. The van der Waals surface area contributed by atoms with E-state index < -0.39 is 0 Å². The van der Waals surface area contributed by atoms with Crippen molar-refractivity contribution in [3.8, 4) is 11.6 Å². The van der Waals surface area contributed by atoms with Crippen LogP contribution in [0, 0.1) is 20.8 Å². The molecule has 0 aliphatic carbocycles. The molecule has 0 amide bonds. The third kappa shape index (κ3) is 2.92. The number of hydrogen-bond acceptors (Lipinski definition) is 5. The van der Waals surface area contributed by atoms with E-state index >= 15 is 0 Å². The number of aryl methyl sites for hydroxylation is 4. The van der Waals surface area contributed by atoms with Crippen LogP contribution in [0.1, 0.15) is 22.4 Å². The zero-order valence-corrected chi connectivity index (χ0v) is 14.1. The molecule has 124 valence electrons. The van der Waals surface area contributed by atoms with Gasteiger partial charge in [-0.15, -0.1) is 0 Å². The summed E-state index contributed by atoms with van der Waals surface area (Å²) < 4.78 is 8.39. The zero-order chi connectivity index (χ0) is 17.3. The van der Waals surface area contributed by atoms with E-state index in [9.17, 15) is 4.79 Å². The minimum Gasteiger partial charge on any atom is -0.473 e. The molecule has 2 aromatic heterocycles. The summed E-state index contributed by atoms with van der Waals surface area (Å²) >= 11 is 0. The van der Waals surface area contributed by atoms with Crippen LogP contribution < -0.4 is 10.4 Å². The highest BCUT2D eigenvalue weighted by atomic mass is 16.5. The van der Waals surface area contributed by atoms with Crippen LogP contribution in [-0.4, -0.2) is 24.8 Å². The molecule has 24 heavy (non-hydrogen) atoms. The van der Waals surface area contributed by atoms with E-state index in [1.165, 1.54) is 9.36 Å². The van der Waals surface area contributed by atoms with Gasteiger partial charge in [-0.3, -0.25) is 0 Å². The van der Waals surface area contributed by atoms with Gasteiger partial charge in [-0.25, -0.2) is 9.78 Å². The van der Waals surface area contributed by atoms with Crippen molar-refractivity contribution in [3.05, 3.63) is 63.2 Å². The summed E-state index contributed by atoms with van der Waals surface area (Å²) in [6.07, 6.45) is 0. The highest BCUT2D eigenvalue weighted by molar-refractivity contribution is 5.44. The molecule has 0 N–H and O–H groups in total. The maximum absolute atomic E-state index is 12.2. The summed E-state index contributed by atoms with van der Waals surface area (Å²) in [6, 6.07) is 9.61. The lowest BCUT2D eigenvalue weighted by Crippen LogP contribution is -2.23. The monoisotopic (exact) mass is 325 g/mol. The summed E-state index contributed by atoms with van der Waals surface area (Å²) in [4.78, 5) is 16.6. The first kappa shape index (κ1) is 15.9. The van der Waals surface area contributed by atoms with E-state index in [0.717, 1.165) is 22.4 Å². The molecular weight excluding hydrogens is 306 g/mol. The van der Waals surface area contributed by atoms with Gasteiger partial charge in [-0.05, 0) is 48.9 Å². The summed E-state index contributed by atoms with van der Waals surface area (Å²) in [5, 5.41) is 7.69. The number of hydrogen-bond donors (Lipinski definition) is 0. The first-order chi connectivity index (χ1) is 11.5. The van der Waals surface area contributed by atoms with Crippen LogP contribution in [-0.2, 0) is 13.7 Å². The molecule has 0 saturated carbocycles. The van der Waals surface area contributed by atoms with Crippen molar-refractivity contribution in [1.82, 2.24) is 24.8 Å². The van der Waals surface area contributed by atoms with E-state index in [0.29, 0.717) is 18.2 Å². The predicted octanol–water partition coefficient (Wildman–Crippen LogP) is 1.87. The van der Waals surface area contributed by atoms with Crippen molar-refractivity contribution >= 4 is 0 Å². The minimum atomic E-state index is -0.299. The molecule has 0 radical (unpaired) electrons. The molecule has 0 fully saturated rings. The Labute approximate surface area is 139 Å². The number of nitrogens with zero attached hydrogens (tertiary/aromatic N) is 5. The van der Waals surface area contributed by atoms with E-state index in [1.54, 1.807) is 7.05 Å². The predicted molar refractivity (Wildman–Crippen MR) is 89.4 cm³/mol. The van der Waals surface area contributed by atoms with Crippen LogP contribution in [0.25, 0.3) is 5.69 Å². The van der Waals surface area contributed by atoms with Gasteiger partial charge in [0.1, 0.15) is 6.61 Å². The number of rotatable bonds is 4. The summed E-state index contributed by atoms with van der Waals surface area (Å²) in [7, 11) is 1.57. The first-order valence-electron chi connectivity index (χ1n) is 7.62. The molecule has 0 unspecified atom stereocenters. The quantitative estimate of drug-likeness (QED) is 0.732. The van der Waals surface area contributed by atoms with E-state index in [-0.39, 0.29) is 5.69 Å². The Morgan fingerprint density at radius 1 is 1.04 bits per heavy atom. The Hall–Kier alpha value is -2.96. The third-order valence-corrected chi connectivity index (χ3v) is 3.88. The summed E-state index contributed by atoms with van der Waals surface area (Å²) in [5.41, 5.74) is 4.11. The molecule has 0 saturated heterocycles. The number of aromatic nitrogens is 5. The largest absolute Gasteiger partial charge is 0.473 e. The lowest BCUT2D eigenvalue weighted by Gasteiger charge is -2.13. The fourth-order valence-corrected chi connectivity index (χ4v) is 2.43. The lowest BCUT2D eigenvalue weighted by atomic mass is 10.1. The Morgan fingerprint density at radius 3 is 2.54 bits per heavy atom. The van der Waals surface area contributed by atoms with Crippen molar-refractivity contribution in [3.63, 3.8) is 0 Å². The Kier molecular flexibility index (Phi) is 4.16. The zero-order valence-electron chi connectivity index (χ0n) is 14.1. The van der Waals surface area contributed by atoms with E-state index in [4.69, 9.17) is 4.74 Å². The molecule has 1 aromatic carbocycles. The molecular formula is C17H19N5O2. The number of benzene rings is 1. The molecule has 0 aliphatic rings. The van der Waals surface area contributed by atoms with Gasteiger partial charge in [0, 0.05) is 23.9 Å². The maximum atomic E-state index is 12.2. The Balaban J connectivity index is 1.98. The average Bonchev–Trinajstić information content (AvgIpc) is 2.88. The Bertz CT molecular complexity index is 942. The van der Waals surface area contributed by atoms with Gasteiger partial charge < -0.3 is 4.74 Å². The van der Waals surface area contributed by atoms with Crippen LogP contribution in [0.3, 0.4) is 0 Å². The van der Waals surface area contributed by atoms with Crippen LogP contribution in [0.5, 0.6) is 5.88 Å². The minimum absolute atomic E-state index is 0.294. The molecule has 3 aromatic rings. The average molecular weight is 325 g/mol. The van der Waals surface area contributed by atoms with Crippen LogP contribution in [0.15, 0.2) is 35.1 Å². The molecule has 0 atom stereocenters. The fourth-order valence-electron chi connectivity index (χ4n) is 2.43. The molecule has 7 nitrogen and oxygen atoms in total. The Morgan fingerprint density at radius 2 is 1.83 bits per heavy atom. The highest BCUT2D eigenvalue weighted by Crippen LogP contribution is 2.21. The molecule has 0 spiro atoms. The molecule has 0 bridgehead atoms. The first-order valence-corrected chi connectivity index (χ1v) is 7.62. The van der Waals surface area contributed by atoms with Gasteiger partial charge in [0.15, 0.2) is 0 Å². The van der Waals surface area contributed by atoms with Gasteiger partial charge in [0.25, 0.3) is 0 Å². The number of pyridine rings is 1. The van der Waals surface area contributed by atoms with Crippen LogP contribution in [0.2, 0.25) is 0 Å². The normalized spacial score (nSPS) is 10.8. The van der Waals surface area contributed by atoms with Gasteiger partial charge in [-0.1, -0.05) is 18.2 Å². The highest BCUT2D eigenvalue weighted by Gasteiger charge is 2.14. The lowest BCUT2D eigenvalue weighted by molar-refractivity contribution is 0.289. The summed E-state index contributed by atoms with van der Waals surface area (Å²) in [6.45, 7) is 6.14. The second-order valence-corrected chi connectivity index (χ2v) is 5.73. The SMILES string of the molecule is Cc1ccc(C)c(OCc2c(C)cccc2-n2nnn(C)c2=O)n1. The number of tetrazole rings is 1. The standard InChI is InChI=1S/C17H19N5O2/c1-11-6-5-7-15(22-17(23)21(4)19-20-22)14(11)10-24-16-12(2)8-9-13(3)18-16/h5-9H,10H2,1-4H3. The van der Waals surface area contributed by atoms with Crippen molar-refractivity contribution in [2.45, 2.75) is 27.4 Å². The maximum Gasteiger partial charge on any atom is 0.368 e. The molecule has 7 heteroatoms. The van der Waals surface area contributed by atoms with Crippen molar-refractivity contribution in [2.75, 3.05) is 0 Å². The smallest absolute Gasteiger partial charge is 0.368 e. The van der Waals surface area contributed by atoms with E-state index in [1.807, 2.05) is 51.1 Å². The second kappa shape index (κ2) is 6.27. The van der Waals surface area contributed by atoms with Crippen molar-refractivity contribution in [1.29, 1.82) is 0 Å². The van der Waals surface area contributed by atoms with Crippen LogP contribution in [0.4, 0.5) is 0 Å². The molecule has 3 rings (SSSR count). The van der Waals surface area contributed by atoms with Crippen molar-refractivity contribution in [2.24, 2.45) is 7.05 Å². The topological polar surface area (TPSA) is 74.8 Å². The summed E-state index contributed by atoms with van der Waals surface area (Å²) in [5.74, 6) is 0.593. The van der Waals surface area contributed by atoms with Gasteiger partial charge in [0.2, 0.25) is 5.88 Å². The molecule has 0 aliphatic heterocycles. The van der Waals surface area contributed by atoms with Crippen LogP contribution >= 0.6 is 0 Å². The van der Waals surface area contributed by atoms with Gasteiger partial charge in [0.05, 0.1) is 5.69 Å². The number of ether oxygens (including phenoxy) is 1. The van der Waals surface area contributed by atoms with Gasteiger partial charge in [-0.2, -0.15) is 9.36 Å².